The monoisotopic (exact) mass is 370 g/mol. The Hall–Kier alpha value is -2.29. The van der Waals surface area contributed by atoms with Crippen molar-refractivity contribution in [2.24, 2.45) is 0 Å². The molecule has 0 saturated heterocycles. The van der Waals surface area contributed by atoms with Crippen molar-refractivity contribution in [3.8, 4) is 17.5 Å². The molecule has 0 spiro atoms. The fraction of sp³-hybridized carbons (Fsp3) is 0.167. The first kappa shape index (κ1) is 15.6. The highest BCUT2D eigenvalue weighted by molar-refractivity contribution is 9.10. The largest absolute Gasteiger partial charge is 0.497 e. The van der Waals surface area contributed by atoms with Gasteiger partial charge in [0.2, 0.25) is 0 Å². The molecule has 0 unspecified atom stereocenters. The Morgan fingerprint density at radius 2 is 2.09 bits per heavy atom. The number of aliphatic hydroxyl groups excluding tert-OH is 1. The van der Waals surface area contributed by atoms with Gasteiger partial charge < -0.3 is 14.4 Å². The number of fused-ring (bicyclic) bond motifs is 1. The zero-order valence-electron chi connectivity index (χ0n) is 12.6. The maximum Gasteiger partial charge on any atom is 0.119 e. The van der Waals surface area contributed by atoms with Crippen molar-refractivity contribution in [3.63, 3.8) is 0 Å². The van der Waals surface area contributed by atoms with Crippen molar-refractivity contribution < 1.29 is 9.84 Å². The molecule has 3 rings (SSSR count). The van der Waals surface area contributed by atoms with Gasteiger partial charge in [-0.1, -0.05) is 0 Å². The maximum absolute atomic E-state index is 9.35. The van der Waals surface area contributed by atoms with Gasteiger partial charge in [-0.15, -0.1) is 0 Å². The van der Waals surface area contributed by atoms with Gasteiger partial charge in [0.05, 0.1) is 24.3 Å². The van der Waals surface area contributed by atoms with Crippen molar-refractivity contribution in [2.75, 3.05) is 13.7 Å². The lowest BCUT2D eigenvalue weighted by molar-refractivity contribution is 0.299. The summed E-state index contributed by atoms with van der Waals surface area (Å²) < 4.78 is 8.27. The van der Waals surface area contributed by atoms with Gasteiger partial charge in [-0.3, -0.25) is 0 Å². The number of nitriles is 1. The van der Waals surface area contributed by atoms with Gasteiger partial charge in [-0.25, -0.2) is 0 Å². The molecule has 1 aromatic heterocycles. The van der Waals surface area contributed by atoms with E-state index in [4.69, 9.17) is 10.00 Å². The fourth-order valence-electron chi connectivity index (χ4n) is 2.70. The van der Waals surface area contributed by atoms with E-state index in [1.807, 2.05) is 36.5 Å². The molecule has 5 heteroatoms. The summed E-state index contributed by atoms with van der Waals surface area (Å²) in [6.45, 7) is 0.0686. The zero-order chi connectivity index (χ0) is 16.4. The summed E-state index contributed by atoms with van der Waals surface area (Å²) in [6.07, 6.45) is 2.52. The molecule has 1 N–H and O–H groups in total. The lowest BCUT2D eigenvalue weighted by Gasteiger charge is -2.13. The van der Waals surface area contributed by atoms with E-state index in [9.17, 15) is 5.11 Å². The number of halogens is 1. The van der Waals surface area contributed by atoms with Crippen LogP contribution in [0.2, 0.25) is 0 Å². The van der Waals surface area contributed by atoms with Crippen molar-refractivity contribution in [3.05, 3.63) is 58.2 Å². The first-order valence-corrected chi connectivity index (χ1v) is 7.96. The summed E-state index contributed by atoms with van der Waals surface area (Å²) in [4.78, 5) is 0. The number of aromatic nitrogens is 1. The number of hydrogen-bond acceptors (Lipinski definition) is 3. The van der Waals surface area contributed by atoms with E-state index in [0.29, 0.717) is 12.0 Å². The van der Waals surface area contributed by atoms with Gasteiger partial charge >= 0.3 is 0 Å². The van der Waals surface area contributed by atoms with Crippen LogP contribution in [-0.2, 0) is 6.42 Å². The smallest absolute Gasteiger partial charge is 0.119 e. The number of ether oxygens (including phenoxy) is 1. The van der Waals surface area contributed by atoms with Gasteiger partial charge in [-0.05, 0) is 64.3 Å². The molecular formula is C18H15BrN2O2. The molecule has 0 radical (unpaired) electrons. The predicted octanol–water partition coefficient (Wildman–Crippen LogP) is 3.81. The number of hydrogen-bond donors (Lipinski definition) is 1. The van der Waals surface area contributed by atoms with Gasteiger partial charge in [0.1, 0.15) is 5.75 Å². The SMILES string of the molecule is COc1ccc(-n2cc(Br)c3cc(C#N)ccc32)c(CCO)c1. The van der Waals surface area contributed by atoms with Gasteiger partial charge in [-0.2, -0.15) is 5.26 Å². The Bertz CT molecular complexity index is 909. The molecule has 116 valence electrons. The van der Waals surface area contributed by atoms with Crippen LogP contribution in [0.15, 0.2) is 47.1 Å². The molecule has 0 atom stereocenters. The zero-order valence-corrected chi connectivity index (χ0v) is 14.2. The Morgan fingerprint density at radius 1 is 1.26 bits per heavy atom. The molecule has 1 heterocycles. The van der Waals surface area contributed by atoms with Crippen LogP contribution < -0.4 is 4.74 Å². The highest BCUT2D eigenvalue weighted by atomic mass is 79.9. The van der Waals surface area contributed by atoms with Crippen molar-refractivity contribution in [1.82, 2.24) is 4.57 Å². The molecule has 0 saturated carbocycles. The van der Waals surface area contributed by atoms with E-state index in [1.54, 1.807) is 13.2 Å². The van der Waals surface area contributed by atoms with Crippen LogP contribution in [0.25, 0.3) is 16.6 Å². The second-order valence-electron chi connectivity index (χ2n) is 5.16. The lowest BCUT2D eigenvalue weighted by Crippen LogP contribution is -2.01. The average molecular weight is 371 g/mol. The van der Waals surface area contributed by atoms with Gasteiger partial charge in [0.25, 0.3) is 0 Å². The van der Waals surface area contributed by atoms with Gasteiger partial charge in [0.15, 0.2) is 0 Å². The van der Waals surface area contributed by atoms with Crippen molar-refractivity contribution >= 4 is 26.8 Å². The van der Waals surface area contributed by atoms with Crippen LogP contribution in [0.1, 0.15) is 11.1 Å². The van der Waals surface area contributed by atoms with E-state index >= 15 is 0 Å². The second-order valence-corrected chi connectivity index (χ2v) is 6.01. The molecule has 0 fully saturated rings. The normalized spacial score (nSPS) is 10.7. The first-order chi connectivity index (χ1) is 11.2. The molecule has 4 nitrogen and oxygen atoms in total. The van der Waals surface area contributed by atoms with Crippen LogP contribution in [0.5, 0.6) is 5.75 Å². The summed E-state index contributed by atoms with van der Waals surface area (Å²) in [5, 5.41) is 19.4. The summed E-state index contributed by atoms with van der Waals surface area (Å²) >= 11 is 3.57. The molecule has 0 aliphatic carbocycles. The number of aliphatic hydroxyl groups is 1. The minimum Gasteiger partial charge on any atom is -0.497 e. The highest BCUT2D eigenvalue weighted by Gasteiger charge is 2.12. The molecule has 0 amide bonds. The lowest BCUT2D eigenvalue weighted by atomic mass is 10.1. The third-order valence-corrected chi connectivity index (χ3v) is 4.44. The molecular weight excluding hydrogens is 356 g/mol. The predicted molar refractivity (Wildman–Crippen MR) is 93.0 cm³/mol. The van der Waals surface area contributed by atoms with E-state index in [1.165, 1.54) is 0 Å². The van der Waals surface area contributed by atoms with Gasteiger partial charge in [0, 0.05) is 28.4 Å². The van der Waals surface area contributed by atoms with E-state index in [0.717, 1.165) is 32.4 Å². The fourth-order valence-corrected chi connectivity index (χ4v) is 3.23. The van der Waals surface area contributed by atoms with Crippen molar-refractivity contribution in [2.45, 2.75) is 6.42 Å². The van der Waals surface area contributed by atoms with Crippen LogP contribution in [0, 0.1) is 11.3 Å². The topological polar surface area (TPSA) is 58.2 Å². The number of rotatable bonds is 4. The highest BCUT2D eigenvalue weighted by Crippen LogP contribution is 2.32. The van der Waals surface area contributed by atoms with Crippen molar-refractivity contribution in [1.29, 1.82) is 5.26 Å². The third-order valence-electron chi connectivity index (χ3n) is 3.81. The minimum absolute atomic E-state index is 0.0686. The van der Waals surface area contributed by atoms with E-state index in [-0.39, 0.29) is 6.61 Å². The number of nitrogens with zero attached hydrogens (tertiary/aromatic N) is 2. The summed E-state index contributed by atoms with van der Waals surface area (Å²) in [5.74, 6) is 0.763. The third kappa shape index (κ3) is 2.83. The first-order valence-electron chi connectivity index (χ1n) is 7.16. The quantitative estimate of drug-likeness (QED) is 0.759. The molecule has 23 heavy (non-hydrogen) atoms. The summed E-state index contributed by atoms with van der Waals surface area (Å²) in [7, 11) is 1.63. The summed E-state index contributed by atoms with van der Waals surface area (Å²) in [6, 6.07) is 13.6. The molecule has 2 aromatic carbocycles. The molecule has 0 aliphatic rings. The Morgan fingerprint density at radius 3 is 2.78 bits per heavy atom. The van der Waals surface area contributed by atoms with Crippen LogP contribution >= 0.6 is 15.9 Å². The standard InChI is InChI=1S/C18H15BrN2O2/c1-23-14-3-5-17(13(9-14)6-7-22)21-11-16(19)15-8-12(10-20)2-4-18(15)21/h2-5,8-9,11,22H,6-7H2,1H3. The van der Waals surface area contributed by atoms with Crippen LogP contribution in [0.3, 0.4) is 0 Å². The maximum atomic E-state index is 9.35. The minimum atomic E-state index is 0.0686. The Kier molecular flexibility index (Phi) is 4.37. The number of benzene rings is 2. The average Bonchev–Trinajstić information content (AvgIpc) is 2.91. The Labute approximate surface area is 142 Å². The second kappa shape index (κ2) is 6.45. The summed E-state index contributed by atoms with van der Waals surface area (Å²) in [5.41, 5.74) is 3.61. The number of methoxy groups -OCH3 is 1. The van der Waals surface area contributed by atoms with E-state index in [2.05, 4.69) is 26.6 Å². The van der Waals surface area contributed by atoms with Crippen LogP contribution in [0.4, 0.5) is 0 Å². The van der Waals surface area contributed by atoms with E-state index < -0.39 is 0 Å². The Balaban J connectivity index is 2.23. The molecule has 3 aromatic rings. The molecule has 0 aliphatic heterocycles. The van der Waals surface area contributed by atoms with Crippen LogP contribution in [-0.4, -0.2) is 23.4 Å². The molecule has 0 bridgehead atoms.